The Bertz CT molecular complexity index is 4860. The lowest BCUT2D eigenvalue weighted by Gasteiger charge is -2.12. The molecule has 5 aromatic heterocycles. The van der Waals surface area contributed by atoms with Crippen molar-refractivity contribution >= 4 is 114 Å². The minimum absolute atomic E-state index is 1.14. The molecular weight excluding hydrogens is 873 g/mol. The summed E-state index contributed by atoms with van der Waals surface area (Å²) in [5.74, 6) is 0. The molecule has 0 bridgehead atoms. The first-order valence-electron chi connectivity index (χ1n) is 25.0. The number of para-hydroxylation sites is 6. The zero-order valence-electron chi connectivity index (χ0n) is 39.9. The van der Waals surface area contributed by atoms with Gasteiger partial charge in [-0.15, -0.1) is 0 Å². The third-order valence-corrected chi connectivity index (χ3v) is 15.4. The molecular formula is C68H46N4. The highest BCUT2D eigenvalue weighted by molar-refractivity contribution is 6.30. The van der Waals surface area contributed by atoms with Crippen molar-refractivity contribution in [1.29, 1.82) is 0 Å². The summed E-state index contributed by atoms with van der Waals surface area (Å²) < 4.78 is 9.89. The maximum absolute atomic E-state index is 2.54. The van der Waals surface area contributed by atoms with Crippen molar-refractivity contribution in [2.75, 3.05) is 0 Å². The first-order valence-corrected chi connectivity index (χ1v) is 25.0. The van der Waals surface area contributed by atoms with Crippen molar-refractivity contribution in [2.24, 2.45) is 0 Å². The fraction of sp³-hybridized carbons (Fsp3) is 0.0294. The van der Waals surface area contributed by atoms with Crippen LogP contribution < -0.4 is 0 Å². The molecule has 4 nitrogen and oxygen atoms in total. The number of aromatic nitrogens is 4. The summed E-state index contributed by atoms with van der Waals surface area (Å²) >= 11 is 0. The van der Waals surface area contributed by atoms with Crippen LogP contribution in [0.4, 0.5) is 0 Å². The van der Waals surface area contributed by atoms with Crippen molar-refractivity contribution < 1.29 is 0 Å². The highest BCUT2D eigenvalue weighted by atomic mass is 15.0. The van der Waals surface area contributed by atoms with E-state index < -0.39 is 0 Å². The largest absolute Gasteiger partial charge is 0.309 e. The summed E-state index contributed by atoms with van der Waals surface area (Å²) in [6.45, 7) is 4.00. The molecule has 0 N–H and O–H groups in total. The van der Waals surface area contributed by atoms with E-state index in [1.807, 2.05) is 26.0 Å². The van der Waals surface area contributed by atoms with Crippen LogP contribution >= 0.6 is 0 Å². The quantitative estimate of drug-likeness (QED) is 0.157. The monoisotopic (exact) mass is 918 g/mol. The fourth-order valence-electron chi connectivity index (χ4n) is 12.3. The van der Waals surface area contributed by atoms with Crippen LogP contribution in [0.1, 0.15) is 13.8 Å². The Morgan fingerprint density at radius 2 is 0.792 bits per heavy atom. The summed E-state index contributed by atoms with van der Waals surface area (Å²) in [7, 11) is 0. The zero-order valence-corrected chi connectivity index (χ0v) is 39.9. The second kappa shape index (κ2) is 15.6. The van der Waals surface area contributed by atoms with Gasteiger partial charge in [0.15, 0.2) is 0 Å². The molecule has 0 radical (unpaired) electrons. The topological polar surface area (TPSA) is 19.2 Å². The van der Waals surface area contributed by atoms with Crippen molar-refractivity contribution in [1.82, 2.24) is 18.1 Å². The standard InChI is InChI=1S/C64H38N4.C4H8/c1-3-15-42(16-4-1)65-56-33-30-39(40-29-32-47-44-19-7-10-24-53(44)66(60(47)37-40)43-17-5-2-6-18-43)35-52(56)63-57(65)27-14-28-58(63)67-54-25-11-9-21-46(54)51-36-41-31-34-59-62(50(41)38-61(51)67)49-23-13-22-48-45-20-8-12-26-55(45)68(59)64(48)49;1-3-4-2/h1-38H;3-4H,1-2H3/b;4-3-. The molecule has 5 heterocycles. The molecule has 0 atom stereocenters. The van der Waals surface area contributed by atoms with Gasteiger partial charge < -0.3 is 18.1 Å². The van der Waals surface area contributed by atoms with Gasteiger partial charge in [-0.2, -0.15) is 0 Å². The molecule has 11 aromatic carbocycles. The van der Waals surface area contributed by atoms with E-state index >= 15 is 0 Å². The number of allylic oxidation sites excluding steroid dienone is 2. The van der Waals surface area contributed by atoms with Gasteiger partial charge in [-0.1, -0.05) is 152 Å². The van der Waals surface area contributed by atoms with Gasteiger partial charge in [-0.3, -0.25) is 0 Å². The van der Waals surface area contributed by atoms with Crippen LogP contribution in [-0.4, -0.2) is 18.1 Å². The minimum atomic E-state index is 1.14. The maximum atomic E-state index is 2.54. The Labute approximate surface area is 415 Å². The average molecular weight is 919 g/mol. The molecule has 0 aliphatic heterocycles. The third kappa shape index (κ3) is 5.63. The van der Waals surface area contributed by atoms with E-state index in [1.54, 1.807) is 0 Å². The summed E-state index contributed by atoms with van der Waals surface area (Å²) in [6, 6.07) is 85.5. The van der Waals surface area contributed by atoms with E-state index in [4.69, 9.17) is 0 Å². The van der Waals surface area contributed by atoms with Crippen LogP contribution in [0.15, 0.2) is 243 Å². The number of rotatable bonds is 4. The molecule has 4 heteroatoms. The van der Waals surface area contributed by atoms with Crippen LogP contribution in [0.2, 0.25) is 0 Å². The average Bonchev–Trinajstić information content (AvgIpc) is 4.24. The van der Waals surface area contributed by atoms with Gasteiger partial charge in [-0.25, -0.2) is 0 Å². The molecule has 0 spiro atoms. The first-order chi connectivity index (χ1) is 35.7. The predicted octanol–water partition coefficient (Wildman–Crippen LogP) is 18.5. The van der Waals surface area contributed by atoms with Crippen LogP contribution in [-0.2, 0) is 0 Å². The number of benzene rings is 11. The van der Waals surface area contributed by atoms with Crippen molar-refractivity contribution in [3.05, 3.63) is 243 Å². The second-order valence-corrected chi connectivity index (χ2v) is 19.1. The Hall–Kier alpha value is -9.38. The molecule has 0 aliphatic rings. The Balaban J connectivity index is 0.00000112. The third-order valence-electron chi connectivity index (χ3n) is 15.4. The molecule has 16 aromatic rings. The van der Waals surface area contributed by atoms with E-state index in [-0.39, 0.29) is 0 Å². The molecule has 338 valence electrons. The van der Waals surface area contributed by atoms with Gasteiger partial charge in [0, 0.05) is 65.2 Å². The molecule has 0 aliphatic carbocycles. The number of nitrogens with zero attached hydrogens (tertiary/aromatic N) is 4. The molecule has 0 unspecified atom stereocenters. The molecule has 0 saturated carbocycles. The van der Waals surface area contributed by atoms with Crippen LogP contribution in [0.25, 0.3) is 142 Å². The van der Waals surface area contributed by atoms with Gasteiger partial charge >= 0.3 is 0 Å². The van der Waals surface area contributed by atoms with E-state index in [2.05, 4.69) is 249 Å². The zero-order chi connectivity index (χ0) is 47.6. The van der Waals surface area contributed by atoms with Gasteiger partial charge in [0.05, 0.1) is 55.3 Å². The van der Waals surface area contributed by atoms with Crippen molar-refractivity contribution in [3.8, 4) is 28.2 Å². The Kier molecular flexibility index (Phi) is 8.75. The SMILES string of the molecule is C/C=C\C.c1ccc(-n2c3ccccc3c3ccc(-c4ccc5c(c4)c4c(-n6c7ccccc7c7cc8ccc9c(c8cc76)c6cccc7c8ccccc8n9c76)cccc4n5-c4ccccc4)cc32)cc1. The minimum Gasteiger partial charge on any atom is -0.309 e. The Morgan fingerprint density at radius 3 is 1.53 bits per heavy atom. The van der Waals surface area contributed by atoms with E-state index in [0.717, 1.165) is 17.1 Å². The van der Waals surface area contributed by atoms with E-state index in [0.29, 0.717) is 0 Å². The molecule has 0 fully saturated rings. The van der Waals surface area contributed by atoms with Gasteiger partial charge in [-0.05, 0) is 127 Å². The number of hydrogen-bond donors (Lipinski definition) is 0. The lowest BCUT2D eigenvalue weighted by molar-refractivity contribution is 1.17. The normalized spacial score (nSPS) is 12.2. The van der Waals surface area contributed by atoms with E-state index in [9.17, 15) is 0 Å². The smallest absolute Gasteiger partial charge is 0.0620 e. The van der Waals surface area contributed by atoms with Crippen molar-refractivity contribution in [3.63, 3.8) is 0 Å². The summed E-state index contributed by atoms with van der Waals surface area (Å²) in [5.41, 5.74) is 16.8. The number of fused-ring (bicyclic) bond motifs is 17. The lowest BCUT2D eigenvalue weighted by atomic mass is 10.00. The summed E-state index contributed by atoms with van der Waals surface area (Å²) in [4.78, 5) is 0. The maximum Gasteiger partial charge on any atom is 0.0620 e. The predicted molar refractivity (Wildman–Crippen MR) is 308 cm³/mol. The highest BCUT2D eigenvalue weighted by Crippen LogP contribution is 2.46. The van der Waals surface area contributed by atoms with Crippen LogP contribution in [0, 0.1) is 0 Å². The summed E-state index contributed by atoms with van der Waals surface area (Å²) in [5, 5.41) is 15.2. The fourth-order valence-corrected chi connectivity index (χ4v) is 12.3. The van der Waals surface area contributed by atoms with E-state index in [1.165, 1.54) is 125 Å². The van der Waals surface area contributed by atoms with Gasteiger partial charge in [0.2, 0.25) is 0 Å². The Morgan fingerprint density at radius 1 is 0.278 bits per heavy atom. The van der Waals surface area contributed by atoms with Crippen LogP contribution in [0.5, 0.6) is 0 Å². The lowest BCUT2D eigenvalue weighted by Crippen LogP contribution is -1.96. The first kappa shape index (κ1) is 40.5. The molecule has 72 heavy (non-hydrogen) atoms. The summed E-state index contributed by atoms with van der Waals surface area (Å²) in [6.07, 6.45) is 4.00. The molecule has 16 rings (SSSR count). The number of hydrogen-bond acceptors (Lipinski definition) is 0. The highest BCUT2D eigenvalue weighted by Gasteiger charge is 2.23. The molecule has 0 saturated heterocycles. The second-order valence-electron chi connectivity index (χ2n) is 19.1. The van der Waals surface area contributed by atoms with Gasteiger partial charge in [0.25, 0.3) is 0 Å². The van der Waals surface area contributed by atoms with Gasteiger partial charge in [0.1, 0.15) is 0 Å². The van der Waals surface area contributed by atoms with Crippen molar-refractivity contribution in [2.45, 2.75) is 13.8 Å². The van der Waals surface area contributed by atoms with Crippen LogP contribution in [0.3, 0.4) is 0 Å². The molecule has 0 amide bonds.